The van der Waals surface area contributed by atoms with Crippen molar-refractivity contribution in [3.8, 4) is 5.75 Å². The van der Waals surface area contributed by atoms with Gasteiger partial charge in [-0.2, -0.15) is 0 Å². The normalized spacial score (nSPS) is 18.6. The summed E-state index contributed by atoms with van der Waals surface area (Å²) in [5.41, 5.74) is 2.34. The molecule has 0 amide bonds. The highest BCUT2D eigenvalue weighted by Gasteiger charge is 2.17. The lowest BCUT2D eigenvalue weighted by atomic mass is 10.0. The van der Waals surface area contributed by atoms with Gasteiger partial charge in [-0.25, -0.2) is 0 Å². The van der Waals surface area contributed by atoms with E-state index in [1.54, 1.807) is 0 Å². The summed E-state index contributed by atoms with van der Waals surface area (Å²) in [6, 6.07) is 8.55. The summed E-state index contributed by atoms with van der Waals surface area (Å²) >= 11 is 0. The molecule has 3 nitrogen and oxygen atoms in total. The van der Waals surface area contributed by atoms with Crippen LogP contribution in [0.25, 0.3) is 10.9 Å². The SMILES string of the molecule is CCCCc1cc(O[C@@H]2CCNC2)c2ncccc2c1. The topological polar surface area (TPSA) is 34.1 Å². The van der Waals surface area contributed by atoms with Crippen molar-refractivity contribution in [3.05, 3.63) is 36.0 Å². The molecule has 20 heavy (non-hydrogen) atoms. The van der Waals surface area contributed by atoms with Crippen molar-refractivity contribution in [2.45, 2.75) is 38.7 Å². The Hall–Kier alpha value is -1.61. The molecule has 1 aliphatic rings. The molecule has 0 saturated carbocycles. The number of benzene rings is 1. The minimum Gasteiger partial charge on any atom is -0.487 e. The fourth-order valence-corrected chi connectivity index (χ4v) is 2.74. The number of pyridine rings is 1. The Morgan fingerprint density at radius 1 is 1.40 bits per heavy atom. The molecule has 1 fully saturated rings. The quantitative estimate of drug-likeness (QED) is 0.905. The molecule has 1 N–H and O–H groups in total. The van der Waals surface area contributed by atoms with Gasteiger partial charge in [0.2, 0.25) is 0 Å². The highest BCUT2D eigenvalue weighted by Crippen LogP contribution is 2.28. The molecule has 2 aromatic rings. The van der Waals surface area contributed by atoms with E-state index in [4.69, 9.17) is 4.74 Å². The zero-order valence-electron chi connectivity index (χ0n) is 12.1. The lowest BCUT2D eigenvalue weighted by Gasteiger charge is -2.15. The maximum Gasteiger partial charge on any atom is 0.146 e. The predicted molar refractivity (Wildman–Crippen MR) is 82.3 cm³/mol. The smallest absolute Gasteiger partial charge is 0.146 e. The van der Waals surface area contributed by atoms with Gasteiger partial charge in [0.15, 0.2) is 0 Å². The molecular weight excluding hydrogens is 248 g/mol. The molecule has 0 bridgehead atoms. The zero-order valence-corrected chi connectivity index (χ0v) is 12.1. The molecule has 0 spiro atoms. The summed E-state index contributed by atoms with van der Waals surface area (Å²) in [6.45, 7) is 4.21. The maximum atomic E-state index is 6.18. The molecule has 3 rings (SSSR count). The van der Waals surface area contributed by atoms with Crippen LogP contribution in [-0.4, -0.2) is 24.2 Å². The first kappa shape index (κ1) is 13.4. The zero-order chi connectivity index (χ0) is 13.8. The molecule has 3 heteroatoms. The van der Waals surface area contributed by atoms with Crippen LogP contribution in [0.5, 0.6) is 5.75 Å². The van der Waals surface area contributed by atoms with Crippen LogP contribution in [0.4, 0.5) is 0 Å². The minimum atomic E-state index is 0.279. The molecule has 1 saturated heterocycles. The summed E-state index contributed by atoms with van der Waals surface area (Å²) in [4.78, 5) is 4.50. The highest BCUT2D eigenvalue weighted by molar-refractivity contribution is 5.85. The third-order valence-corrected chi connectivity index (χ3v) is 3.86. The number of unbranched alkanes of at least 4 members (excludes halogenated alkanes) is 1. The number of hydrogen-bond donors (Lipinski definition) is 1. The molecule has 106 valence electrons. The number of aryl methyl sites for hydroxylation is 1. The van der Waals surface area contributed by atoms with E-state index >= 15 is 0 Å². The number of aromatic nitrogens is 1. The summed E-state index contributed by atoms with van der Waals surface area (Å²) in [7, 11) is 0. The van der Waals surface area contributed by atoms with Crippen molar-refractivity contribution in [1.82, 2.24) is 10.3 Å². The van der Waals surface area contributed by atoms with E-state index in [0.29, 0.717) is 0 Å². The average Bonchev–Trinajstić information content (AvgIpc) is 2.98. The van der Waals surface area contributed by atoms with Gasteiger partial charge < -0.3 is 10.1 Å². The number of hydrogen-bond acceptors (Lipinski definition) is 3. The standard InChI is InChI=1S/C17H22N2O/c1-2-3-5-13-10-14-6-4-8-19-17(14)16(11-13)20-15-7-9-18-12-15/h4,6,8,10-11,15,18H,2-3,5,7,9,12H2,1H3/t15-/m1/s1. The third-order valence-electron chi connectivity index (χ3n) is 3.86. The van der Waals surface area contributed by atoms with Crippen LogP contribution in [-0.2, 0) is 6.42 Å². The van der Waals surface area contributed by atoms with Crippen LogP contribution in [0.2, 0.25) is 0 Å². The van der Waals surface area contributed by atoms with Crippen molar-refractivity contribution >= 4 is 10.9 Å². The molecule has 1 atom stereocenters. The second kappa shape index (κ2) is 6.23. The van der Waals surface area contributed by atoms with Crippen LogP contribution in [0, 0.1) is 0 Å². The van der Waals surface area contributed by atoms with E-state index in [2.05, 4.69) is 35.4 Å². The van der Waals surface area contributed by atoms with E-state index in [-0.39, 0.29) is 6.10 Å². The van der Waals surface area contributed by atoms with Crippen LogP contribution in [0.3, 0.4) is 0 Å². The third kappa shape index (κ3) is 2.93. The van der Waals surface area contributed by atoms with Gasteiger partial charge in [-0.1, -0.05) is 19.4 Å². The van der Waals surface area contributed by atoms with E-state index < -0.39 is 0 Å². The lowest BCUT2D eigenvalue weighted by Crippen LogP contribution is -2.19. The van der Waals surface area contributed by atoms with Gasteiger partial charge in [0.25, 0.3) is 0 Å². The van der Waals surface area contributed by atoms with Crippen molar-refractivity contribution < 1.29 is 4.74 Å². The Balaban J connectivity index is 1.93. The van der Waals surface area contributed by atoms with E-state index in [1.807, 2.05) is 12.3 Å². The van der Waals surface area contributed by atoms with Gasteiger partial charge in [-0.15, -0.1) is 0 Å². The van der Waals surface area contributed by atoms with Gasteiger partial charge in [0, 0.05) is 18.1 Å². The first-order valence-corrected chi connectivity index (χ1v) is 7.62. The van der Waals surface area contributed by atoms with Gasteiger partial charge in [-0.05, 0) is 49.6 Å². The van der Waals surface area contributed by atoms with Crippen molar-refractivity contribution in [1.29, 1.82) is 0 Å². The summed E-state index contributed by atoms with van der Waals surface area (Å²) in [5.74, 6) is 0.947. The lowest BCUT2D eigenvalue weighted by molar-refractivity contribution is 0.225. The Labute approximate surface area is 120 Å². The Morgan fingerprint density at radius 3 is 3.15 bits per heavy atom. The summed E-state index contributed by atoms with van der Waals surface area (Å²) in [5, 5.41) is 4.53. The molecule has 0 unspecified atom stereocenters. The largest absolute Gasteiger partial charge is 0.487 e. The van der Waals surface area contributed by atoms with E-state index in [0.717, 1.165) is 37.2 Å². The molecule has 2 heterocycles. The molecule has 0 aliphatic carbocycles. The number of nitrogens with one attached hydrogen (secondary N) is 1. The summed E-state index contributed by atoms with van der Waals surface area (Å²) < 4.78 is 6.18. The number of ether oxygens (including phenoxy) is 1. The van der Waals surface area contributed by atoms with Gasteiger partial charge >= 0.3 is 0 Å². The summed E-state index contributed by atoms with van der Waals surface area (Å²) in [6.07, 6.45) is 6.74. The second-order valence-corrected chi connectivity index (χ2v) is 5.51. The average molecular weight is 270 g/mol. The first-order chi connectivity index (χ1) is 9.86. The molecule has 1 aromatic carbocycles. The van der Waals surface area contributed by atoms with Gasteiger partial charge in [0.05, 0.1) is 0 Å². The molecular formula is C17H22N2O. The van der Waals surface area contributed by atoms with Gasteiger partial charge in [-0.3, -0.25) is 4.98 Å². The van der Waals surface area contributed by atoms with Crippen molar-refractivity contribution in [3.63, 3.8) is 0 Å². The van der Waals surface area contributed by atoms with Crippen LogP contribution in [0.15, 0.2) is 30.5 Å². The van der Waals surface area contributed by atoms with E-state index in [9.17, 15) is 0 Å². The van der Waals surface area contributed by atoms with Crippen molar-refractivity contribution in [2.75, 3.05) is 13.1 Å². The Kier molecular flexibility index (Phi) is 4.16. The Morgan fingerprint density at radius 2 is 2.35 bits per heavy atom. The maximum absolute atomic E-state index is 6.18. The van der Waals surface area contributed by atoms with Crippen LogP contribution in [0.1, 0.15) is 31.7 Å². The fraction of sp³-hybridized carbons (Fsp3) is 0.471. The Bertz CT molecular complexity index is 576. The number of fused-ring (bicyclic) bond motifs is 1. The highest BCUT2D eigenvalue weighted by atomic mass is 16.5. The monoisotopic (exact) mass is 270 g/mol. The number of rotatable bonds is 5. The number of nitrogens with zero attached hydrogens (tertiary/aromatic N) is 1. The van der Waals surface area contributed by atoms with E-state index in [1.165, 1.54) is 23.8 Å². The van der Waals surface area contributed by atoms with Gasteiger partial charge in [0.1, 0.15) is 17.4 Å². The second-order valence-electron chi connectivity index (χ2n) is 5.51. The first-order valence-electron chi connectivity index (χ1n) is 7.62. The molecule has 0 radical (unpaired) electrons. The minimum absolute atomic E-state index is 0.279. The molecule has 1 aromatic heterocycles. The molecule has 1 aliphatic heterocycles. The predicted octanol–water partition coefficient (Wildman–Crippen LogP) is 3.32. The van der Waals surface area contributed by atoms with Crippen molar-refractivity contribution in [2.24, 2.45) is 0 Å². The van der Waals surface area contributed by atoms with Crippen LogP contribution >= 0.6 is 0 Å². The van der Waals surface area contributed by atoms with Crippen LogP contribution < -0.4 is 10.1 Å². The fourth-order valence-electron chi connectivity index (χ4n) is 2.74.